The zero-order valence-electron chi connectivity index (χ0n) is 13.3. The van der Waals surface area contributed by atoms with Gasteiger partial charge in [-0.1, -0.05) is 37.3 Å². The standard InChI is InChI=1S/C18H19NO5/c1-2-14-12(18(21)22)10-15(24-14)17(20)19-13-8-9-23-16(13)11-6-4-3-5-7-11/h3-7,10,13,16H,2,8-9H2,1H3,(H,19,20)(H,21,22). The van der Waals surface area contributed by atoms with E-state index < -0.39 is 11.9 Å². The van der Waals surface area contributed by atoms with E-state index in [2.05, 4.69) is 5.32 Å². The molecule has 1 saturated heterocycles. The van der Waals surface area contributed by atoms with Gasteiger partial charge in [0.25, 0.3) is 5.91 Å². The Morgan fingerprint density at radius 3 is 2.67 bits per heavy atom. The number of hydrogen-bond donors (Lipinski definition) is 2. The predicted octanol–water partition coefficient (Wildman–Crippen LogP) is 2.80. The van der Waals surface area contributed by atoms with E-state index >= 15 is 0 Å². The Bertz CT molecular complexity index is 737. The van der Waals surface area contributed by atoms with Gasteiger partial charge in [0.2, 0.25) is 0 Å². The lowest BCUT2D eigenvalue weighted by Crippen LogP contribution is -2.36. The molecule has 2 atom stereocenters. The van der Waals surface area contributed by atoms with Gasteiger partial charge in [-0.2, -0.15) is 0 Å². The Hall–Kier alpha value is -2.60. The normalized spacial score (nSPS) is 20.0. The molecule has 2 N–H and O–H groups in total. The second kappa shape index (κ2) is 6.88. The number of carbonyl (C=O) groups excluding carboxylic acids is 1. The Kier molecular flexibility index (Phi) is 4.66. The van der Waals surface area contributed by atoms with Gasteiger partial charge in [-0.25, -0.2) is 4.79 Å². The van der Waals surface area contributed by atoms with Gasteiger partial charge >= 0.3 is 5.97 Å². The molecule has 1 aliphatic rings. The molecule has 2 unspecified atom stereocenters. The van der Waals surface area contributed by atoms with Crippen molar-refractivity contribution in [2.45, 2.75) is 31.9 Å². The molecule has 0 saturated carbocycles. The number of furan rings is 1. The number of nitrogens with one attached hydrogen (secondary N) is 1. The van der Waals surface area contributed by atoms with Crippen LogP contribution >= 0.6 is 0 Å². The second-order valence-corrected chi connectivity index (χ2v) is 5.68. The largest absolute Gasteiger partial charge is 0.478 e. The molecular weight excluding hydrogens is 310 g/mol. The van der Waals surface area contributed by atoms with Gasteiger partial charge in [0.1, 0.15) is 17.4 Å². The summed E-state index contributed by atoms with van der Waals surface area (Å²) >= 11 is 0. The van der Waals surface area contributed by atoms with Crippen LogP contribution in [0.2, 0.25) is 0 Å². The molecule has 1 aromatic heterocycles. The topological polar surface area (TPSA) is 88.8 Å². The molecule has 1 aromatic carbocycles. The summed E-state index contributed by atoms with van der Waals surface area (Å²) in [6, 6.07) is 10.8. The van der Waals surface area contributed by atoms with Crippen LogP contribution in [0, 0.1) is 0 Å². The van der Waals surface area contributed by atoms with Gasteiger partial charge in [-0.05, 0) is 12.0 Å². The van der Waals surface area contributed by atoms with Gasteiger partial charge in [0.05, 0.1) is 6.04 Å². The van der Waals surface area contributed by atoms with Crippen molar-refractivity contribution in [1.29, 1.82) is 0 Å². The summed E-state index contributed by atoms with van der Waals surface area (Å²) in [6.07, 6.45) is 0.890. The van der Waals surface area contributed by atoms with Gasteiger partial charge in [-0.15, -0.1) is 0 Å². The molecule has 0 spiro atoms. The number of aryl methyl sites for hydroxylation is 1. The van der Waals surface area contributed by atoms with Crippen LogP contribution in [-0.4, -0.2) is 29.6 Å². The average molecular weight is 329 g/mol. The minimum Gasteiger partial charge on any atom is -0.478 e. The van der Waals surface area contributed by atoms with Crippen molar-refractivity contribution < 1.29 is 23.8 Å². The number of ether oxygens (including phenoxy) is 1. The van der Waals surface area contributed by atoms with Crippen molar-refractivity contribution in [1.82, 2.24) is 5.32 Å². The van der Waals surface area contributed by atoms with Crippen molar-refractivity contribution in [3.8, 4) is 0 Å². The van der Waals surface area contributed by atoms with E-state index in [1.54, 1.807) is 6.92 Å². The Morgan fingerprint density at radius 2 is 2.04 bits per heavy atom. The fraction of sp³-hybridized carbons (Fsp3) is 0.333. The van der Waals surface area contributed by atoms with Crippen LogP contribution < -0.4 is 5.32 Å². The fourth-order valence-corrected chi connectivity index (χ4v) is 2.93. The fourth-order valence-electron chi connectivity index (χ4n) is 2.93. The monoisotopic (exact) mass is 329 g/mol. The molecule has 2 aromatic rings. The van der Waals surface area contributed by atoms with Crippen LogP contribution in [0.5, 0.6) is 0 Å². The van der Waals surface area contributed by atoms with E-state index in [0.717, 1.165) is 5.56 Å². The molecule has 0 bridgehead atoms. The average Bonchev–Trinajstić information content (AvgIpc) is 3.22. The summed E-state index contributed by atoms with van der Waals surface area (Å²) in [5, 5.41) is 12.1. The maximum Gasteiger partial charge on any atom is 0.339 e. The van der Waals surface area contributed by atoms with Crippen molar-refractivity contribution in [3.63, 3.8) is 0 Å². The van der Waals surface area contributed by atoms with Gasteiger partial charge in [0, 0.05) is 19.1 Å². The third-order valence-corrected chi connectivity index (χ3v) is 4.12. The highest BCUT2D eigenvalue weighted by atomic mass is 16.5. The minimum absolute atomic E-state index is 0.0166. The maximum absolute atomic E-state index is 12.4. The molecule has 2 heterocycles. The quantitative estimate of drug-likeness (QED) is 0.880. The summed E-state index contributed by atoms with van der Waals surface area (Å²) in [6.45, 7) is 2.34. The number of benzene rings is 1. The van der Waals surface area contributed by atoms with E-state index in [0.29, 0.717) is 25.2 Å². The lowest BCUT2D eigenvalue weighted by molar-refractivity contribution is 0.0694. The molecule has 1 aliphatic heterocycles. The summed E-state index contributed by atoms with van der Waals surface area (Å²) in [7, 11) is 0. The SMILES string of the molecule is CCc1oc(C(=O)NC2CCOC2c2ccccc2)cc1C(=O)O. The Labute approximate surface area is 139 Å². The highest BCUT2D eigenvalue weighted by Crippen LogP contribution is 2.29. The smallest absolute Gasteiger partial charge is 0.339 e. The first-order valence-corrected chi connectivity index (χ1v) is 7.93. The number of amides is 1. The van der Waals surface area contributed by atoms with Crippen LogP contribution in [-0.2, 0) is 11.2 Å². The van der Waals surface area contributed by atoms with Crippen molar-refractivity contribution in [2.24, 2.45) is 0 Å². The van der Waals surface area contributed by atoms with Crippen LogP contribution in [0.3, 0.4) is 0 Å². The van der Waals surface area contributed by atoms with Gasteiger partial charge in [-0.3, -0.25) is 4.79 Å². The van der Waals surface area contributed by atoms with Gasteiger partial charge < -0.3 is 19.6 Å². The molecule has 6 nitrogen and oxygen atoms in total. The van der Waals surface area contributed by atoms with Crippen molar-refractivity contribution >= 4 is 11.9 Å². The van der Waals surface area contributed by atoms with Crippen molar-refractivity contribution in [2.75, 3.05) is 6.61 Å². The highest BCUT2D eigenvalue weighted by Gasteiger charge is 2.32. The van der Waals surface area contributed by atoms with Crippen LogP contribution in [0.15, 0.2) is 40.8 Å². The van der Waals surface area contributed by atoms with E-state index in [-0.39, 0.29) is 23.5 Å². The summed E-state index contributed by atoms with van der Waals surface area (Å²) in [4.78, 5) is 23.6. The lowest BCUT2D eigenvalue weighted by Gasteiger charge is -2.19. The highest BCUT2D eigenvalue weighted by molar-refractivity contribution is 5.96. The van der Waals surface area contributed by atoms with Crippen molar-refractivity contribution in [3.05, 3.63) is 59.0 Å². The third-order valence-electron chi connectivity index (χ3n) is 4.12. The number of hydrogen-bond acceptors (Lipinski definition) is 4. The molecule has 3 rings (SSSR count). The maximum atomic E-state index is 12.4. The Balaban J connectivity index is 1.76. The first-order valence-electron chi connectivity index (χ1n) is 7.93. The molecule has 0 aliphatic carbocycles. The first kappa shape index (κ1) is 16.3. The van der Waals surface area contributed by atoms with Crippen LogP contribution in [0.4, 0.5) is 0 Å². The van der Waals surface area contributed by atoms with Crippen LogP contribution in [0.1, 0.15) is 51.7 Å². The molecule has 1 fully saturated rings. The number of aromatic carboxylic acids is 1. The molecule has 6 heteroatoms. The molecule has 126 valence electrons. The second-order valence-electron chi connectivity index (χ2n) is 5.68. The summed E-state index contributed by atoms with van der Waals surface area (Å²) < 4.78 is 11.1. The number of carboxylic acid groups (broad SMARTS) is 1. The zero-order chi connectivity index (χ0) is 17.1. The van der Waals surface area contributed by atoms with E-state index in [1.165, 1.54) is 6.07 Å². The zero-order valence-corrected chi connectivity index (χ0v) is 13.3. The minimum atomic E-state index is -1.10. The molecule has 0 radical (unpaired) electrons. The van der Waals surface area contributed by atoms with E-state index in [1.807, 2.05) is 30.3 Å². The molecule has 24 heavy (non-hydrogen) atoms. The number of carboxylic acids is 1. The summed E-state index contributed by atoms with van der Waals surface area (Å²) in [5.74, 6) is -1.20. The number of carbonyl (C=O) groups is 2. The first-order chi connectivity index (χ1) is 11.6. The number of rotatable bonds is 5. The van der Waals surface area contributed by atoms with Gasteiger partial charge in [0.15, 0.2) is 5.76 Å². The van der Waals surface area contributed by atoms with E-state index in [4.69, 9.17) is 14.3 Å². The predicted molar refractivity (Wildman–Crippen MR) is 86.1 cm³/mol. The van der Waals surface area contributed by atoms with Crippen LogP contribution in [0.25, 0.3) is 0 Å². The molecular formula is C18H19NO5. The summed E-state index contributed by atoms with van der Waals surface area (Å²) in [5.41, 5.74) is 1.03. The molecule has 1 amide bonds. The third kappa shape index (κ3) is 3.19. The Morgan fingerprint density at radius 1 is 1.29 bits per heavy atom. The van der Waals surface area contributed by atoms with E-state index in [9.17, 15) is 9.59 Å². The lowest BCUT2D eigenvalue weighted by atomic mass is 10.0.